The van der Waals surface area contributed by atoms with Gasteiger partial charge >= 0.3 is 5.97 Å². The number of fused-ring (bicyclic) bond motifs is 1. The molecule has 8 heteroatoms. The van der Waals surface area contributed by atoms with E-state index in [1.165, 1.54) is 0 Å². The number of aromatic amines is 1. The van der Waals surface area contributed by atoms with Gasteiger partial charge in [-0.05, 0) is 56.5 Å². The van der Waals surface area contributed by atoms with Gasteiger partial charge in [0.1, 0.15) is 11.8 Å². The minimum Gasteiger partial charge on any atom is -0.497 e. The quantitative estimate of drug-likeness (QED) is 0.683. The van der Waals surface area contributed by atoms with E-state index in [1.807, 2.05) is 24.0 Å². The molecule has 146 valence electrons. The molecular weight excluding hydrogens is 348 g/mol. The van der Waals surface area contributed by atoms with Crippen molar-refractivity contribution in [2.24, 2.45) is 5.92 Å². The first-order chi connectivity index (χ1) is 13.0. The van der Waals surface area contributed by atoms with E-state index in [9.17, 15) is 14.7 Å². The van der Waals surface area contributed by atoms with E-state index in [1.54, 1.807) is 13.2 Å². The number of carboxylic acids is 1. The summed E-state index contributed by atoms with van der Waals surface area (Å²) in [6, 6.07) is 5.03. The zero-order valence-electron chi connectivity index (χ0n) is 15.7. The minimum atomic E-state index is -0.759. The van der Waals surface area contributed by atoms with Crippen LogP contribution in [0.3, 0.4) is 0 Å². The highest BCUT2D eigenvalue weighted by Gasteiger charge is 2.28. The third-order valence-electron chi connectivity index (χ3n) is 5.30. The van der Waals surface area contributed by atoms with Gasteiger partial charge in [0.05, 0.1) is 12.6 Å². The molecule has 0 aliphatic carbocycles. The maximum absolute atomic E-state index is 12.5. The van der Waals surface area contributed by atoms with Crippen molar-refractivity contribution in [3.05, 3.63) is 23.9 Å². The predicted octanol–water partition coefficient (Wildman–Crippen LogP) is 1.88. The van der Waals surface area contributed by atoms with E-state index in [0.717, 1.165) is 36.8 Å². The molecule has 1 aromatic carbocycles. The maximum atomic E-state index is 12.5. The number of benzene rings is 1. The van der Waals surface area contributed by atoms with Crippen LogP contribution in [0.2, 0.25) is 0 Å². The van der Waals surface area contributed by atoms with E-state index in [0.29, 0.717) is 30.3 Å². The third-order valence-corrected chi connectivity index (χ3v) is 5.30. The molecule has 27 heavy (non-hydrogen) atoms. The molecule has 0 spiro atoms. The Morgan fingerprint density at radius 1 is 1.41 bits per heavy atom. The van der Waals surface area contributed by atoms with Crippen LogP contribution >= 0.6 is 0 Å². The largest absolute Gasteiger partial charge is 0.497 e. The summed E-state index contributed by atoms with van der Waals surface area (Å²) in [7, 11) is 1.58. The van der Waals surface area contributed by atoms with Crippen LogP contribution in [0.25, 0.3) is 10.9 Å². The molecule has 1 saturated heterocycles. The molecule has 1 fully saturated rings. The summed E-state index contributed by atoms with van der Waals surface area (Å²) in [5, 5.41) is 20.0. The number of carboxylic acid groups (broad SMARTS) is 1. The van der Waals surface area contributed by atoms with Crippen molar-refractivity contribution in [3.8, 4) is 5.75 Å². The zero-order chi connectivity index (χ0) is 19.4. The molecule has 1 aliphatic heterocycles. The molecule has 1 amide bonds. The number of aromatic nitrogens is 2. The van der Waals surface area contributed by atoms with Crippen LogP contribution in [-0.4, -0.2) is 64.9 Å². The number of carbonyl (C=O) groups excluding carboxylic acids is 1. The zero-order valence-corrected chi connectivity index (χ0v) is 15.7. The van der Waals surface area contributed by atoms with E-state index >= 15 is 0 Å². The number of nitrogens with zero attached hydrogens (tertiary/aromatic N) is 2. The average molecular weight is 374 g/mol. The van der Waals surface area contributed by atoms with E-state index in [4.69, 9.17) is 4.74 Å². The SMILES string of the molecule is CCC(C(=O)O)N1CCC(CNC(=O)c2n[nH]c3ccc(OC)cc23)CC1. The summed E-state index contributed by atoms with van der Waals surface area (Å²) in [4.78, 5) is 25.9. The average Bonchev–Trinajstić information content (AvgIpc) is 3.10. The number of nitrogens with one attached hydrogen (secondary N) is 2. The van der Waals surface area contributed by atoms with Gasteiger partial charge in [-0.25, -0.2) is 0 Å². The lowest BCUT2D eigenvalue weighted by atomic mass is 9.95. The molecule has 1 aromatic heterocycles. The van der Waals surface area contributed by atoms with Gasteiger partial charge in [-0.15, -0.1) is 0 Å². The molecule has 8 nitrogen and oxygen atoms in total. The standard InChI is InChI=1S/C19H26N4O4/c1-3-16(19(25)26)23-8-6-12(7-9-23)11-20-18(24)17-14-10-13(27-2)4-5-15(14)21-22-17/h4-5,10,12,16H,3,6-9,11H2,1-2H3,(H,20,24)(H,21,22)(H,25,26). The van der Waals surface area contributed by atoms with Crippen LogP contribution in [0, 0.1) is 5.92 Å². The Morgan fingerprint density at radius 3 is 2.78 bits per heavy atom. The van der Waals surface area contributed by atoms with Crippen molar-refractivity contribution in [1.29, 1.82) is 0 Å². The second kappa shape index (κ2) is 8.39. The van der Waals surface area contributed by atoms with Crippen molar-refractivity contribution in [3.63, 3.8) is 0 Å². The highest BCUT2D eigenvalue weighted by Crippen LogP contribution is 2.23. The molecule has 3 rings (SSSR count). The van der Waals surface area contributed by atoms with E-state index in [2.05, 4.69) is 15.5 Å². The molecule has 0 saturated carbocycles. The summed E-state index contributed by atoms with van der Waals surface area (Å²) in [6.07, 6.45) is 2.35. The van der Waals surface area contributed by atoms with E-state index < -0.39 is 12.0 Å². The topological polar surface area (TPSA) is 108 Å². The number of carbonyl (C=O) groups is 2. The van der Waals surface area contributed by atoms with Crippen molar-refractivity contribution >= 4 is 22.8 Å². The molecule has 0 radical (unpaired) electrons. The molecule has 1 aliphatic rings. The normalized spacial score (nSPS) is 17.0. The number of aliphatic carboxylic acids is 1. The van der Waals surface area contributed by atoms with Crippen LogP contribution in [0.5, 0.6) is 5.75 Å². The first kappa shape index (κ1) is 19.2. The Kier molecular flexibility index (Phi) is 5.95. The fourth-order valence-corrected chi connectivity index (χ4v) is 3.67. The van der Waals surface area contributed by atoms with Crippen molar-refractivity contribution in [2.45, 2.75) is 32.2 Å². The van der Waals surface area contributed by atoms with Gasteiger partial charge < -0.3 is 15.2 Å². The van der Waals surface area contributed by atoms with Gasteiger partial charge in [0.25, 0.3) is 5.91 Å². The molecule has 1 atom stereocenters. The summed E-state index contributed by atoms with van der Waals surface area (Å²) < 4.78 is 5.22. The number of rotatable bonds is 7. The van der Waals surface area contributed by atoms with Crippen LogP contribution in [0.1, 0.15) is 36.7 Å². The minimum absolute atomic E-state index is 0.214. The molecule has 2 heterocycles. The van der Waals surface area contributed by atoms with Gasteiger partial charge in [-0.2, -0.15) is 5.10 Å². The lowest BCUT2D eigenvalue weighted by Gasteiger charge is -2.35. The monoisotopic (exact) mass is 374 g/mol. The maximum Gasteiger partial charge on any atom is 0.320 e. The third kappa shape index (κ3) is 4.21. The lowest BCUT2D eigenvalue weighted by molar-refractivity contribution is -0.144. The Hall–Kier alpha value is -2.61. The van der Waals surface area contributed by atoms with Gasteiger partial charge in [0.2, 0.25) is 0 Å². The van der Waals surface area contributed by atoms with Crippen LogP contribution in [0.15, 0.2) is 18.2 Å². The summed E-state index contributed by atoms with van der Waals surface area (Å²) in [5.41, 5.74) is 1.15. The first-order valence-electron chi connectivity index (χ1n) is 9.30. The number of ether oxygens (including phenoxy) is 1. The Morgan fingerprint density at radius 2 is 2.15 bits per heavy atom. The number of hydrogen-bond acceptors (Lipinski definition) is 5. The van der Waals surface area contributed by atoms with Crippen LogP contribution < -0.4 is 10.1 Å². The number of likely N-dealkylation sites (tertiary alicyclic amines) is 1. The molecule has 0 bridgehead atoms. The van der Waals surface area contributed by atoms with Crippen molar-refractivity contribution in [2.75, 3.05) is 26.7 Å². The highest BCUT2D eigenvalue weighted by atomic mass is 16.5. The van der Waals surface area contributed by atoms with Gasteiger partial charge in [-0.3, -0.25) is 19.6 Å². The van der Waals surface area contributed by atoms with E-state index in [-0.39, 0.29) is 5.91 Å². The second-order valence-corrected chi connectivity index (χ2v) is 6.94. The van der Waals surface area contributed by atoms with Crippen LogP contribution in [-0.2, 0) is 4.79 Å². The molecule has 1 unspecified atom stereocenters. The highest BCUT2D eigenvalue weighted by molar-refractivity contribution is 6.05. The van der Waals surface area contributed by atoms with Crippen molar-refractivity contribution < 1.29 is 19.4 Å². The number of piperidine rings is 1. The number of amides is 1. The Labute approximate surface area is 157 Å². The first-order valence-corrected chi connectivity index (χ1v) is 9.30. The number of methoxy groups -OCH3 is 1. The Bertz CT molecular complexity index is 811. The molecule has 2 aromatic rings. The number of H-pyrrole nitrogens is 1. The lowest BCUT2D eigenvalue weighted by Crippen LogP contribution is -2.46. The fourth-order valence-electron chi connectivity index (χ4n) is 3.67. The van der Waals surface area contributed by atoms with Gasteiger partial charge in [0.15, 0.2) is 5.69 Å². The summed E-state index contributed by atoms with van der Waals surface area (Å²) >= 11 is 0. The summed E-state index contributed by atoms with van der Waals surface area (Å²) in [5.74, 6) is 0.0458. The van der Waals surface area contributed by atoms with Crippen molar-refractivity contribution in [1.82, 2.24) is 20.4 Å². The second-order valence-electron chi connectivity index (χ2n) is 6.94. The smallest absolute Gasteiger partial charge is 0.320 e. The Balaban J connectivity index is 1.55. The van der Waals surface area contributed by atoms with Gasteiger partial charge in [-0.1, -0.05) is 6.92 Å². The molecule has 3 N–H and O–H groups in total. The number of hydrogen-bond donors (Lipinski definition) is 3. The molecular formula is C19H26N4O4. The van der Waals surface area contributed by atoms with Crippen LogP contribution in [0.4, 0.5) is 0 Å². The predicted molar refractivity (Wildman–Crippen MR) is 101 cm³/mol. The fraction of sp³-hybridized carbons (Fsp3) is 0.526. The summed E-state index contributed by atoms with van der Waals surface area (Å²) in [6.45, 7) is 3.95. The van der Waals surface area contributed by atoms with Gasteiger partial charge in [0, 0.05) is 11.9 Å².